The average molecular weight is 142 g/mol. The Hall–Kier alpha value is 0.0200. The first-order chi connectivity index (χ1) is 4.31. The molecule has 0 radical (unpaired) electrons. The minimum atomic E-state index is 0.468. The van der Waals surface area contributed by atoms with Gasteiger partial charge in [0.15, 0.2) is 0 Å². The van der Waals surface area contributed by atoms with Gasteiger partial charge in [-0.05, 0) is 12.8 Å². The molecule has 50 valence electrons. The SMILES string of the molecule is O=C1CCSC2(CC2)C1. The van der Waals surface area contributed by atoms with Crippen LogP contribution < -0.4 is 0 Å². The first-order valence-corrected chi connectivity index (χ1v) is 4.45. The maximum atomic E-state index is 10.9. The molecule has 1 heterocycles. The number of carbonyl (C=O) groups is 1. The second-order valence-electron chi connectivity index (χ2n) is 3.00. The predicted molar refractivity (Wildman–Crippen MR) is 38.7 cm³/mol. The lowest BCUT2D eigenvalue weighted by molar-refractivity contribution is -0.119. The van der Waals surface area contributed by atoms with Crippen molar-refractivity contribution in [3.63, 3.8) is 0 Å². The van der Waals surface area contributed by atoms with E-state index in [4.69, 9.17) is 0 Å². The van der Waals surface area contributed by atoms with Crippen LogP contribution in [0.3, 0.4) is 0 Å². The molecule has 0 atom stereocenters. The van der Waals surface area contributed by atoms with Crippen molar-refractivity contribution >= 4 is 17.5 Å². The Morgan fingerprint density at radius 3 is 2.67 bits per heavy atom. The zero-order valence-corrected chi connectivity index (χ0v) is 6.17. The van der Waals surface area contributed by atoms with Crippen molar-refractivity contribution in [2.24, 2.45) is 0 Å². The molecule has 1 saturated carbocycles. The minimum absolute atomic E-state index is 0.468. The van der Waals surface area contributed by atoms with E-state index in [9.17, 15) is 4.79 Å². The summed E-state index contributed by atoms with van der Waals surface area (Å²) in [7, 11) is 0. The van der Waals surface area contributed by atoms with Crippen LogP contribution in [-0.2, 0) is 4.79 Å². The zero-order valence-electron chi connectivity index (χ0n) is 5.35. The van der Waals surface area contributed by atoms with E-state index in [0.29, 0.717) is 10.5 Å². The van der Waals surface area contributed by atoms with Crippen LogP contribution in [0.25, 0.3) is 0 Å². The van der Waals surface area contributed by atoms with Crippen LogP contribution in [0.1, 0.15) is 25.7 Å². The molecule has 1 spiro atoms. The lowest BCUT2D eigenvalue weighted by atomic mass is 10.1. The average Bonchev–Trinajstić information content (AvgIpc) is 2.49. The van der Waals surface area contributed by atoms with E-state index in [2.05, 4.69) is 0 Å². The van der Waals surface area contributed by atoms with Gasteiger partial charge in [-0.1, -0.05) is 0 Å². The third kappa shape index (κ3) is 1.00. The molecule has 0 aromatic carbocycles. The number of Topliss-reactive ketones (excluding diaryl/α,β-unsaturated/α-hetero) is 1. The van der Waals surface area contributed by atoms with E-state index < -0.39 is 0 Å². The molecule has 1 saturated heterocycles. The Bertz CT molecular complexity index is 149. The minimum Gasteiger partial charge on any atom is -0.300 e. The van der Waals surface area contributed by atoms with Gasteiger partial charge in [0.1, 0.15) is 5.78 Å². The van der Waals surface area contributed by atoms with E-state index in [0.717, 1.165) is 18.6 Å². The molecule has 0 aromatic heterocycles. The predicted octanol–water partition coefficient (Wildman–Crippen LogP) is 1.62. The zero-order chi connectivity index (χ0) is 6.32. The molecule has 0 unspecified atom stereocenters. The second-order valence-corrected chi connectivity index (χ2v) is 4.56. The summed E-state index contributed by atoms with van der Waals surface area (Å²) in [5.41, 5.74) is 0. The molecule has 0 amide bonds. The lowest BCUT2D eigenvalue weighted by Gasteiger charge is -2.18. The molecule has 2 rings (SSSR count). The first kappa shape index (κ1) is 5.78. The van der Waals surface area contributed by atoms with Crippen molar-refractivity contribution < 1.29 is 4.79 Å². The first-order valence-electron chi connectivity index (χ1n) is 3.46. The number of thioether (sulfide) groups is 1. The quantitative estimate of drug-likeness (QED) is 0.511. The fourth-order valence-electron chi connectivity index (χ4n) is 1.34. The molecule has 2 aliphatic rings. The van der Waals surface area contributed by atoms with Gasteiger partial charge < -0.3 is 0 Å². The molecular formula is C7H10OS. The molecule has 0 N–H and O–H groups in total. The monoisotopic (exact) mass is 142 g/mol. The van der Waals surface area contributed by atoms with Crippen molar-refractivity contribution in [1.29, 1.82) is 0 Å². The van der Waals surface area contributed by atoms with Crippen LogP contribution in [0.4, 0.5) is 0 Å². The topological polar surface area (TPSA) is 17.1 Å². The number of rotatable bonds is 0. The highest BCUT2D eigenvalue weighted by atomic mass is 32.2. The van der Waals surface area contributed by atoms with Gasteiger partial charge in [-0.2, -0.15) is 11.8 Å². The third-order valence-electron chi connectivity index (χ3n) is 2.12. The van der Waals surface area contributed by atoms with Crippen LogP contribution in [0.15, 0.2) is 0 Å². The molecule has 0 aromatic rings. The summed E-state index contributed by atoms with van der Waals surface area (Å²) in [6, 6.07) is 0. The van der Waals surface area contributed by atoms with Gasteiger partial charge in [0.2, 0.25) is 0 Å². The summed E-state index contributed by atoms with van der Waals surface area (Å²) in [6.45, 7) is 0. The molecule has 2 heteroatoms. The number of ketones is 1. The van der Waals surface area contributed by atoms with Crippen LogP contribution in [-0.4, -0.2) is 16.3 Å². The molecule has 2 fully saturated rings. The van der Waals surface area contributed by atoms with E-state index in [1.54, 1.807) is 0 Å². The summed E-state index contributed by atoms with van der Waals surface area (Å²) in [5.74, 6) is 1.57. The van der Waals surface area contributed by atoms with Gasteiger partial charge in [0, 0.05) is 23.3 Å². The van der Waals surface area contributed by atoms with Crippen LogP contribution in [0.5, 0.6) is 0 Å². The van der Waals surface area contributed by atoms with Gasteiger partial charge in [-0.15, -0.1) is 0 Å². The lowest BCUT2D eigenvalue weighted by Crippen LogP contribution is -2.18. The highest BCUT2D eigenvalue weighted by Crippen LogP contribution is 2.53. The normalized spacial score (nSPS) is 30.9. The maximum absolute atomic E-state index is 10.9. The maximum Gasteiger partial charge on any atom is 0.135 e. The van der Waals surface area contributed by atoms with Gasteiger partial charge >= 0.3 is 0 Å². The molecular weight excluding hydrogens is 132 g/mol. The van der Waals surface area contributed by atoms with Crippen molar-refractivity contribution in [3.8, 4) is 0 Å². The summed E-state index contributed by atoms with van der Waals surface area (Å²) in [5, 5.41) is 0. The van der Waals surface area contributed by atoms with Crippen molar-refractivity contribution in [3.05, 3.63) is 0 Å². The molecule has 1 aliphatic heterocycles. The summed E-state index contributed by atoms with van der Waals surface area (Å²) in [4.78, 5) is 10.9. The Morgan fingerprint density at radius 2 is 2.22 bits per heavy atom. The highest BCUT2D eigenvalue weighted by Gasteiger charge is 2.46. The standard InChI is InChI=1S/C7H10OS/c8-6-1-4-9-7(5-6)2-3-7/h1-5H2. The Kier molecular flexibility index (Phi) is 1.12. The van der Waals surface area contributed by atoms with E-state index in [-0.39, 0.29) is 0 Å². The van der Waals surface area contributed by atoms with Gasteiger partial charge in [-0.25, -0.2) is 0 Å². The fraction of sp³-hybridized carbons (Fsp3) is 0.857. The smallest absolute Gasteiger partial charge is 0.135 e. The molecule has 0 bridgehead atoms. The highest BCUT2D eigenvalue weighted by molar-refractivity contribution is 8.01. The molecule has 9 heavy (non-hydrogen) atoms. The molecule has 1 aliphatic carbocycles. The Balaban J connectivity index is 2.04. The van der Waals surface area contributed by atoms with Crippen LogP contribution >= 0.6 is 11.8 Å². The second kappa shape index (κ2) is 1.75. The van der Waals surface area contributed by atoms with Crippen LogP contribution in [0, 0.1) is 0 Å². The summed E-state index contributed by atoms with van der Waals surface area (Å²) < 4.78 is 0.468. The van der Waals surface area contributed by atoms with Crippen molar-refractivity contribution in [2.75, 3.05) is 5.75 Å². The number of carbonyl (C=O) groups excluding carboxylic acids is 1. The molecule has 1 nitrogen and oxygen atoms in total. The van der Waals surface area contributed by atoms with Gasteiger partial charge in [0.25, 0.3) is 0 Å². The Labute approximate surface area is 59.2 Å². The van der Waals surface area contributed by atoms with Gasteiger partial charge in [-0.3, -0.25) is 4.79 Å². The van der Waals surface area contributed by atoms with Crippen molar-refractivity contribution in [2.45, 2.75) is 30.4 Å². The van der Waals surface area contributed by atoms with E-state index in [1.807, 2.05) is 11.8 Å². The fourth-order valence-corrected chi connectivity index (χ4v) is 2.76. The largest absolute Gasteiger partial charge is 0.300 e. The Morgan fingerprint density at radius 1 is 1.44 bits per heavy atom. The third-order valence-corrected chi connectivity index (χ3v) is 3.69. The van der Waals surface area contributed by atoms with E-state index >= 15 is 0 Å². The number of hydrogen-bond acceptors (Lipinski definition) is 2. The van der Waals surface area contributed by atoms with Gasteiger partial charge in [0.05, 0.1) is 0 Å². The summed E-state index contributed by atoms with van der Waals surface area (Å²) in [6.07, 6.45) is 4.29. The van der Waals surface area contributed by atoms with Crippen molar-refractivity contribution in [1.82, 2.24) is 0 Å². The van der Waals surface area contributed by atoms with Crippen LogP contribution in [0.2, 0.25) is 0 Å². The number of hydrogen-bond donors (Lipinski definition) is 0. The summed E-state index contributed by atoms with van der Waals surface area (Å²) >= 11 is 2.01. The van der Waals surface area contributed by atoms with E-state index in [1.165, 1.54) is 12.8 Å².